The van der Waals surface area contributed by atoms with Crippen LogP contribution in [0.15, 0.2) is 37.0 Å². The minimum Gasteiger partial charge on any atom is -0.349 e. The smallest absolute Gasteiger partial charge is 0.266 e. The Kier molecular flexibility index (Phi) is 10.1. The topological polar surface area (TPSA) is 18.5 Å². The zero-order valence-corrected chi connectivity index (χ0v) is 18.5. The molecule has 0 unspecified atom stereocenters. The highest BCUT2D eigenvalue weighted by molar-refractivity contribution is 4.92. The van der Waals surface area contributed by atoms with Gasteiger partial charge in [-0.3, -0.25) is 0 Å². The largest absolute Gasteiger partial charge is 0.349 e. The van der Waals surface area contributed by atoms with Crippen LogP contribution in [0, 0.1) is 29.6 Å². The molecule has 30 heavy (non-hydrogen) atoms. The van der Waals surface area contributed by atoms with Crippen molar-refractivity contribution >= 4 is 0 Å². The van der Waals surface area contributed by atoms with Gasteiger partial charge in [-0.2, -0.15) is 8.78 Å². The summed E-state index contributed by atoms with van der Waals surface area (Å²) in [6.07, 6.45) is 19.6. The van der Waals surface area contributed by atoms with Crippen LogP contribution in [-0.2, 0) is 9.47 Å². The van der Waals surface area contributed by atoms with Crippen molar-refractivity contribution in [2.75, 3.05) is 13.2 Å². The summed E-state index contributed by atoms with van der Waals surface area (Å²) >= 11 is 0. The molecule has 0 spiro atoms. The van der Waals surface area contributed by atoms with Crippen LogP contribution in [0.3, 0.4) is 0 Å². The molecular weight excluding hydrogens is 382 g/mol. The van der Waals surface area contributed by atoms with Crippen LogP contribution in [0.2, 0.25) is 0 Å². The number of rotatable bonds is 9. The zero-order chi connectivity index (χ0) is 21.2. The van der Waals surface area contributed by atoms with Crippen molar-refractivity contribution in [3.8, 4) is 0 Å². The lowest BCUT2D eigenvalue weighted by Crippen LogP contribution is -2.31. The van der Waals surface area contributed by atoms with Gasteiger partial charge in [-0.05, 0) is 93.6 Å². The van der Waals surface area contributed by atoms with Crippen molar-refractivity contribution in [2.45, 2.75) is 83.3 Å². The molecule has 2 aliphatic carbocycles. The molecule has 0 aromatic carbocycles. The molecule has 0 amide bonds. The average molecular weight is 423 g/mol. The molecule has 3 fully saturated rings. The predicted octanol–water partition coefficient (Wildman–Crippen LogP) is 7.67. The lowest BCUT2D eigenvalue weighted by Gasteiger charge is -2.37. The fourth-order valence-corrected chi connectivity index (χ4v) is 5.64. The van der Waals surface area contributed by atoms with Gasteiger partial charge in [-0.15, -0.1) is 6.58 Å². The highest BCUT2D eigenvalue weighted by atomic mass is 19.3. The van der Waals surface area contributed by atoms with Gasteiger partial charge >= 0.3 is 0 Å². The molecule has 3 rings (SSSR count). The van der Waals surface area contributed by atoms with Gasteiger partial charge in [0.1, 0.15) is 0 Å². The van der Waals surface area contributed by atoms with Gasteiger partial charge in [-0.1, -0.05) is 31.4 Å². The van der Waals surface area contributed by atoms with Crippen molar-refractivity contribution in [3.63, 3.8) is 0 Å². The van der Waals surface area contributed by atoms with Crippen molar-refractivity contribution in [1.29, 1.82) is 0 Å². The number of halogens is 2. The summed E-state index contributed by atoms with van der Waals surface area (Å²) in [5.41, 5.74) is 0. The van der Waals surface area contributed by atoms with Crippen LogP contribution in [0.25, 0.3) is 0 Å². The standard InChI is InChI=1S/C26H40F2O2/c1-2-3-4-5-6-26-29-18-22(19-30-26)8-7-20-9-13-23(14-10-20)24-15-11-21(12-16-24)17-25(27)28/h2,5-6,17,20-24,26H,1,3-4,7-16,18-19H2. The molecule has 3 aliphatic rings. The van der Waals surface area contributed by atoms with Gasteiger partial charge in [0.2, 0.25) is 0 Å². The van der Waals surface area contributed by atoms with Crippen molar-refractivity contribution < 1.29 is 18.3 Å². The number of unbranched alkanes of at least 4 members (excludes halogenated alkanes) is 1. The molecule has 0 bridgehead atoms. The van der Waals surface area contributed by atoms with E-state index < -0.39 is 6.08 Å². The number of hydrogen-bond acceptors (Lipinski definition) is 2. The Balaban J connectivity index is 1.27. The Bertz CT molecular complexity index is 545. The van der Waals surface area contributed by atoms with Gasteiger partial charge in [0, 0.05) is 5.92 Å². The van der Waals surface area contributed by atoms with Crippen LogP contribution in [0.4, 0.5) is 8.78 Å². The third kappa shape index (κ3) is 7.92. The summed E-state index contributed by atoms with van der Waals surface area (Å²) in [5.74, 6) is 3.09. The lowest BCUT2D eigenvalue weighted by molar-refractivity contribution is -0.176. The fraction of sp³-hybridized carbons (Fsp3) is 0.769. The van der Waals surface area contributed by atoms with Crippen LogP contribution in [-0.4, -0.2) is 19.5 Å². The molecule has 0 radical (unpaired) electrons. The average Bonchev–Trinajstić information content (AvgIpc) is 2.77. The first-order chi connectivity index (χ1) is 14.6. The number of hydrogen-bond donors (Lipinski definition) is 0. The lowest BCUT2D eigenvalue weighted by atomic mass is 9.68. The molecular formula is C26H40F2O2. The van der Waals surface area contributed by atoms with E-state index in [-0.39, 0.29) is 12.2 Å². The summed E-state index contributed by atoms with van der Waals surface area (Å²) in [6, 6.07) is 0. The summed E-state index contributed by atoms with van der Waals surface area (Å²) in [4.78, 5) is 0. The van der Waals surface area contributed by atoms with Crippen LogP contribution < -0.4 is 0 Å². The summed E-state index contributed by atoms with van der Waals surface area (Å²) in [7, 11) is 0. The van der Waals surface area contributed by atoms with Crippen LogP contribution in [0.1, 0.15) is 77.0 Å². The van der Waals surface area contributed by atoms with Gasteiger partial charge in [0.25, 0.3) is 6.08 Å². The SMILES string of the molecule is C=CCCC=CC1OCC(CCC2CCC(C3CCC(C=C(F)F)CC3)CC2)CO1. The number of allylic oxidation sites excluding steroid dienone is 3. The fourth-order valence-electron chi connectivity index (χ4n) is 5.64. The Hall–Kier alpha value is -1.00. The Labute approximate surface area is 181 Å². The number of ether oxygens (including phenoxy) is 2. The van der Waals surface area contributed by atoms with Crippen molar-refractivity contribution in [1.82, 2.24) is 0 Å². The second-order valence-electron chi connectivity index (χ2n) is 9.68. The molecule has 0 aromatic heterocycles. The first kappa shape index (κ1) is 23.7. The maximum absolute atomic E-state index is 12.5. The second-order valence-corrected chi connectivity index (χ2v) is 9.68. The minimum absolute atomic E-state index is 0.116. The van der Waals surface area contributed by atoms with Crippen molar-refractivity contribution in [3.05, 3.63) is 37.0 Å². The first-order valence-corrected chi connectivity index (χ1v) is 12.2. The van der Waals surface area contributed by atoms with Crippen molar-refractivity contribution in [2.24, 2.45) is 29.6 Å². The quantitative estimate of drug-likeness (QED) is 0.280. The monoisotopic (exact) mass is 422 g/mol. The van der Waals surface area contributed by atoms with E-state index in [4.69, 9.17) is 9.47 Å². The molecule has 1 saturated heterocycles. The normalized spacial score (nSPS) is 35.3. The molecule has 1 aliphatic heterocycles. The molecule has 2 saturated carbocycles. The maximum Gasteiger partial charge on any atom is 0.266 e. The van der Waals surface area contributed by atoms with E-state index in [1.165, 1.54) is 44.6 Å². The van der Waals surface area contributed by atoms with E-state index in [0.717, 1.165) is 69.5 Å². The minimum atomic E-state index is -1.50. The summed E-state index contributed by atoms with van der Waals surface area (Å²) < 4.78 is 36.6. The van der Waals surface area contributed by atoms with E-state index in [9.17, 15) is 8.78 Å². The van der Waals surface area contributed by atoms with E-state index in [2.05, 4.69) is 12.7 Å². The Morgan fingerprint density at radius 3 is 2.00 bits per heavy atom. The van der Waals surface area contributed by atoms with E-state index >= 15 is 0 Å². The maximum atomic E-state index is 12.5. The molecule has 1 heterocycles. The van der Waals surface area contributed by atoms with E-state index in [1.807, 2.05) is 12.2 Å². The Morgan fingerprint density at radius 1 is 0.800 bits per heavy atom. The Morgan fingerprint density at radius 2 is 1.40 bits per heavy atom. The molecule has 4 heteroatoms. The van der Waals surface area contributed by atoms with E-state index in [0.29, 0.717) is 5.92 Å². The first-order valence-electron chi connectivity index (χ1n) is 12.2. The zero-order valence-electron chi connectivity index (χ0n) is 18.5. The van der Waals surface area contributed by atoms with E-state index in [1.54, 1.807) is 0 Å². The molecule has 2 nitrogen and oxygen atoms in total. The second kappa shape index (κ2) is 12.8. The van der Waals surface area contributed by atoms with Gasteiger partial charge in [0.05, 0.1) is 13.2 Å². The molecule has 0 atom stereocenters. The summed E-state index contributed by atoms with van der Waals surface area (Å²) in [6.45, 7) is 5.35. The van der Waals surface area contributed by atoms with Gasteiger partial charge in [0.15, 0.2) is 6.29 Å². The summed E-state index contributed by atoms with van der Waals surface area (Å²) in [5, 5.41) is 0. The molecule has 0 aromatic rings. The third-order valence-corrected chi connectivity index (χ3v) is 7.54. The predicted molar refractivity (Wildman–Crippen MR) is 118 cm³/mol. The van der Waals surface area contributed by atoms with Gasteiger partial charge < -0.3 is 9.47 Å². The third-order valence-electron chi connectivity index (χ3n) is 7.54. The molecule has 170 valence electrons. The van der Waals surface area contributed by atoms with Gasteiger partial charge in [-0.25, -0.2) is 0 Å². The highest BCUT2D eigenvalue weighted by Gasteiger charge is 2.31. The van der Waals surface area contributed by atoms with Crippen LogP contribution in [0.5, 0.6) is 0 Å². The molecule has 0 N–H and O–H groups in total. The van der Waals surface area contributed by atoms with Crippen LogP contribution >= 0.6 is 0 Å². The highest BCUT2D eigenvalue weighted by Crippen LogP contribution is 2.43.